The van der Waals surface area contributed by atoms with Crippen molar-refractivity contribution < 1.29 is 4.79 Å². The van der Waals surface area contributed by atoms with Crippen molar-refractivity contribution in [2.45, 2.75) is 50.5 Å². The number of carbonyl (C=O) groups excluding carboxylic acids is 1. The Hall–Kier alpha value is -1.35. The number of rotatable bonds is 6. The molecule has 0 aromatic heterocycles. The van der Waals surface area contributed by atoms with Crippen molar-refractivity contribution in [1.29, 1.82) is 0 Å². The molecule has 1 saturated carbocycles. The summed E-state index contributed by atoms with van der Waals surface area (Å²) in [5.74, 6) is 0.411. The molecule has 2 atom stereocenters. The maximum Gasteiger partial charge on any atom is 0.217 e. The second-order valence-corrected chi connectivity index (χ2v) is 5.43. The van der Waals surface area contributed by atoms with Crippen LogP contribution in [0.2, 0.25) is 0 Å². The van der Waals surface area contributed by atoms with E-state index in [1.807, 2.05) is 0 Å². The summed E-state index contributed by atoms with van der Waals surface area (Å²) in [7, 11) is 0. The van der Waals surface area contributed by atoms with E-state index in [1.54, 1.807) is 0 Å². The molecule has 19 heavy (non-hydrogen) atoms. The van der Waals surface area contributed by atoms with E-state index in [0.29, 0.717) is 18.4 Å². The molecule has 0 radical (unpaired) electrons. The quantitative estimate of drug-likeness (QED) is 0.772. The van der Waals surface area contributed by atoms with E-state index in [9.17, 15) is 4.79 Å². The van der Waals surface area contributed by atoms with Crippen molar-refractivity contribution in [3.63, 3.8) is 0 Å². The molecule has 2 rings (SSSR count). The molecular weight excluding hydrogens is 236 g/mol. The van der Waals surface area contributed by atoms with Crippen LogP contribution < -0.4 is 11.1 Å². The predicted molar refractivity (Wildman–Crippen MR) is 77.9 cm³/mol. The van der Waals surface area contributed by atoms with Crippen LogP contribution in [0.25, 0.3) is 0 Å². The van der Waals surface area contributed by atoms with E-state index in [1.165, 1.54) is 31.2 Å². The van der Waals surface area contributed by atoms with Crippen LogP contribution >= 0.6 is 0 Å². The minimum Gasteiger partial charge on any atom is -0.370 e. The van der Waals surface area contributed by atoms with Gasteiger partial charge in [-0.2, -0.15) is 0 Å². The van der Waals surface area contributed by atoms with Gasteiger partial charge in [-0.05, 0) is 37.3 Å². The van der Waals surface area contributed by atoms with Gasteiger partial charge in [-0.3, -0.25) is 4.79 Å². The van der Waals surface area contributed by atoms with Crippen LogP contribution in [-0.2, 0) is 4.79 Å². The number of amides is 1. The fourth-order valence-corrected chi connectivity index (χ4v) is 3.02. The fraction of sp³-hybridized carbons (Fsp3) is 0.562. The van der Waals surface area contributed by atoms with Gasteiger partial charge in [-0.1, -0.05) is 43.2 Å². The third-order valence-corrected chi connectivity index (χ3v) is 4.00. The summed E-state index contributed by atoms with van der Waals surface area (Å²) in [6.07, 6.45) is 6.44. The SMILES string of the molecule is NC(=O)CCCNC1CCCCC1c1ccccc1. The van der Waals surface area contributed by atoms with Crippen LogP contribution in [0.4, 0.5) is 0 Å². The lowest BCUT2D eigenvalue weighted by Gasteiger charge is -2.32. The first-order chi connectivity index (χ1) is 9.27. The Morgan fingerprint density at radius 2 is 1.95 bits per heavy atom. The van der Waals surface area contributed by atoms with E-state index in [2.05, 4.69) is 35.6 Å². The van der Waals surface area contributed by atoms with Gasteiger partial charge in [0.05, 0.1) is 0 Å². The van der Waals surface area contributed by atoms with Crippen LogP contribution in [0.3, 0.4) is 0 Å². The molecule has 1 aliphatic rings. The Bertz CT molecular complexity index is 391. The summed E-state index contributed by atoms with van der Waals surface area (Å²) < 4.78 is 0. The Morgan fingerprint density at radius 3 is 2.68 bits per heavy atom. The Morgan fingerprint density at radius 1 is 1.21 bits per heavy atom. The monoisotopic (exact) mass is 260 g/mol. The van der Waals surface area contributed by atoms with Gasteiger partial charge in [0, 0.05) is 12.5 Å². The molecule has 1 fully saturated rings. The first kappa shape index (κ1) is 14.1. The standard InChI is InChI=1S/C16H24N2O/c17-16(19)11-6-12-18-15-10-5-4-9-14(15)13-7-2-1-3-8-13/h1-3,7-8,14-15,18H,4-6,9-12H2,(H2,17,19). The molecule has 3 heteroatoms. The van der Waals surface area contributed by atoms with Crippen LogP contribution in [0, 0.1) is 0 Å². The van der Waals surface area contributed by atoms with Crippen LogP contribution in [0.1, 0.15) is 50.0 Å². The second-order valence-electron chi connectivity index (χ2n) is 5.43. The smallest absolute Gasteiger partial charge is 0.217 e. The van der Waals surface area contributed by atoms with Crippen LogP contribution in [-0.4, -0.2) is 18.5 Å². The lowest BCUT2D eigenvalue weighted by molar-refractivity contribution is -0.118. The van der Waals surface area contributed by atoms with Crippen molar-refractivity contribution in [2.24, 2.45) is 5.73 Å². The predicted octanol–water partition coefficient (Wildman–Crippen LogP) is 2.57. The molecule has 0 aliphatic heterocycles. The highest BCUT2D eigenvalue weighted by atomic mass is 16.1. The maximum absolute atomic E-state index is 10.7. The summed E-state index contributed by atoms with van der Waals surface area (Å²) >= 11 is 0. The van der Waals surface area contributed by atoms with Gasteiger partial charge in [0.25, 0.3) is 0 Å². The number of primary amides is 1. The minimum atomic E-state index is -0.204. The maximum atomic E-state index is 10.7. The average molecular weight is 260 g/mol. The largest absolute Gasteiger partial charge is 0.370 e. The van der Waals surface area contributed by atoms with Crippen LogP contribution in [0.15, 0.2) is 30.3 Å². The van der Waals surface area contributed by atoms with Crippen molar-refractivity contribution >= 4 is 5.91 Å². The second kappa shape index (κ2) is 7.29. The van der Waals surface area contributed by atoms with Gasteiger partial charge >= 0.3 is 0 Å². The number of hydrogen-bond acceptors (Lipinski definition) is 2. The van der Waals surface area contributed by atoms with Crippen molar-refractivity contribution in [3.05, 3.63) is 35.9 Å². The van der Waals surface area contributed by atoms with Crippen molar-refractivity contribution in [2.75, 3.05) is 6.54 Å². The fourth-order valence-electron chi connectivity index (χ4n) is 3.02. The number of carbonyl (C=O) groups is 1. The van der Waals surface area contributed by atoms with E-state index < -0.39 is 0 Å². The van der Waals surface area contributed by atoms with E-state index in [4.69, 9.17) is 5.73 Å². The summed E-state index contributed by atoms with van der Waals surface area (Å²) in [4.78, 5) is 10.7. The number of nitrogens with one attached hydrogen (secondary N) is 1. The molecule has 0 saturated heterocycles. The number of hydrogen-bond donors (Lipinski definition) is 2. The zero-order valence-corrected chi connectivity index (χ0v) is 11.5. The third kappa shape index (κ3) is 4.35. The van der Waals surface area contributed by atoms with Gasteiger partial charge in [-0.15, -0.1) is 0 Å². The lowest BCUT2D eigenvalue weighted by Crippen LogP contribution is -2.38. The first-order valence-corrected chi connectivity index (χ1v) is 7.34. The zero-order chi connectivity index (χ0) is 13.5. The van der Waals surface area contributed by atoms with Gasteiger partial charge in [0.2, 0.25) is 5.91 Å². The van der Waals surface area contributed by atoms with Gasteiger partial charge in [0.15, 0.2) is 0 Å². The molecule has 2 unspecified atom stereocenters. The topological polar surface area (TPSA) is 55.1 Å². The summed E-state index contributed by atoms with van der Waals surface area (Å²) in [5.41, 5.74) is 6.60. The molecule has 1 amide bonds. The molecule has 104 valence electrons. The highest BCUT2D eigenvalue weighted by Crippen LogP contribution is 2.32. The van der Waals surface area contributed by atoms with Crippen LogP contribution in [0.5, 0.6) is 0 Å². The summed E-state index contributed by atoms with van der Waals surface area (Å²) in [6.45, 7) is 0.886. The Kier molecular flexibility index (Phi) is 5.40. The normalized spacial score (nSPS) is 23.2. The molecule has 0 heterocycles. The third-order valence-electron chi connectivity index (χ3n) is 4.00. The Balaban J connectivity index is 1.87. The minimum absolute atomic E-state index is 0.204. The highest BCUT2D eigenvalue weighted by Gasteiger charge is 2.25. The van der Waals surface area contributed by atoms with E-state index in [-0.39, 0.29) is 5.91 Å². The van der Waals surface area contributed by atoms with Gasteiger partial charge in [0.1, 0.15) is 0 Å². The molecule has 0 bridgehead atoms. The van der Waals surface area contributed by atoms with E-state index in [0.717, 1.165) is 13.0 Å². The van der Waals surface area contributed by atoms with E-state index >= 15 is 0 Å². The van der Waals surface area contributed by atoms with Crippen molar-refractivity contribution in [3.8, 4) is 0 Å². The lowest BCUT2D eigenvalue weighted by atomic mass is 9.80. The van der Waals surface area contributed by atoms with Gasteiger partial charge < -0.3 is 11.1 Å². The number of nitrogens with two attached hydrogens (primary N) is 1. The average Bonchev–Trinajstić information content (AvgIpc) is 2.45. The summed E-state index contributed by atoms with van der Waals surface area (Å²) in [6, 6.07) is 11.3. The van der Waals surface area contributed by atoms with Gasteiger partial charge in [-0.25, -0.2) is 0 Å². The molecule has 0 spiro atoms. The Labute approximate surface area is 115 Å². The summed E-state index contributed by atoms with van der Waals surface area (Å²) in [5, 5.41) is 3.62. The first-order valence-electron chi connectivity index (χ1n) is 7.34. The molecule has 1 aromatic rings. The zero-order valence-electron chi connectivity index (χ0n) is 11.5. The van der Waals surface area contributed by atoms with Crippen molar-refractivity contribution in [1.82, 2.24) is 5.32 Å². The molecule has 3 nitrogen and oxygen atoms in total. The molecule has 1 aromatic carbocycles. The number of benzene rings is 1. The molecule has 3 N–H and O–H groups in total. The highest BCUT2D eigenvalue weighted by molar-refractivity contribution is 5.73. The molecular formula is C16H24N2O. The molecule has 1 aliphatic carbocycles.